The van der Waals surface area contributed by atoms with Crippen LogP contribution >= 0.6 is 0 Å². The van der Waals surface area contributed by atoms with Crippen LogP contribution in [-0.2, 0) is 0 Å². The van der Waals surface area contributed by atoms with Gasteiger partial charge in [0.05, 0.1) is 5.56 Å². The predicted molar refractivity (Wildman–Crippen MR) is 78.8 cm³/mol. The summed E-state index contributed by atoms with van der Waals surface area (Å²) in [7, 11) is 0. The number of carbonyl (C=O) groups is 1. The molecule has 4 nitrogen and oxygen atoms in total. The number of nitrogen functional groups attached to an aromatic ring is 2. The molecule has 104 valence electrons. The molecule has 2 rings (SSSR count). The highest BCUT2D eigenvalue weighted by Crippen LogP contribution is 2.23. The van der Waals surface area contributed by atoms with Crippen LogP contribution in [0.1, 0.15) is 43.0 Å². The van der Waals surface area contributed by atoms with Gasteiger partial charge in [0, 0.05) is 24.5 Å². The summed E-state index contributed by atoms with van der Waals surface area (Å²) in [6, 6.07) is 5.12. The van der Waals surface area contributed by atoms with Crippen LogP contribution in [0.25, 0.3) is 0 Å². The molecule has 1 unspecified atom stereocenters. The molecule has 1 fully saturated rings. The van der Waals surface area contributed by atoms with Crippen LogP contribution < -0.4 is 11.5 Å². The van der Waals surface area contributed by atoms with Gasteiger partial charge >= 0.3 is 0 Å². The number of hydrogen-bond acceptors (Lipinski definition) is 3. The second-order valence-corrected chi connectivity index (χ2v) is 5.34. The van der Waals surface area contributed by atoms with E-state index in [1.54, 1.807) is 18.2 Å². The monoisotopic (exact) mass is 261 g/mol. The Labute approximate surface area is 114 Å². The third-order valence-electron chi connectivity index (χ3n) is 4.02. The van der Waals surface area contributed by atoms with E-state index in [1.165, 1.54) is 12.8 Å². The van der Waals surface area contributed by atoms with Crippen LogP contribution in [0.5, 0.6) is 0 Å². The van der Waals surface area contributed by atoms with Crippen LogP contribution in [0.3, 0.4) is 0 Å². The van der Waals surface area contributed by atoms with E-state index in [1.807, 2.05) is 4.90 Å². The van der Waals surface area contributed by atoms with Crippen molar-refractivity contribution in [1.82, 2.24) is 4.90 Å². The Kier molecular flexibility index (Phi) is 4.30. The van der Waals surface area contributed by atoms with Crippen LogP contribution in [0.15, 0.2) is 18.2 Å². The number of anilines is 2. The topological polar surface area (TPSA) is 72.3 Å². The van der Waals surface area contributed by atoms with Gasteiger partial charge in [0.25, 0.3) is 5.91 Å². The van der Waals surface area contributed by atoms with Crippen LogP contribution in [0.2, 0.25) is 0 Å². The lowest BCUT2D eigenvalue weighted by Crippen LogP contribution is -2.32. The molecule has 0 bridgehead atoms. The second-order valence-electron chi connectivity index (χ2n) is 5.34. The van der Waals surface area contributed by atoms with Gasteiger partial charge in [-0.1, -0.05) is 13.3 Å². The Morgan fingerprint density at radius 1 is 1.32 bits per heavy atom. The van der Waals surface area contributed by atoms with Crippen molar-refractivity contribution in [2.24, 2.45) is 5.92 Å². The molecule has 1 saturated heterocycles. The Bertz CT molecular complexity index is 459. The number of amides is 1. The molecule has 1 atom stereocenters. The molecule has 19 heavy (non-hydrogen) atoms. The zero-order valence-corrected chi connectivity index (χ0v) is 11.6. The molecule has 1 aliphatic rings. The third kappa shape index (κ3) is 3.19. The molecular weight excluding hydrogens is 238 g/mol. The molecule has 0 saturated carbocycles. The fourth-order valence-electron chi connectivity index (χ4n) is 2.72. The average molecular weight is 261 g/mol. The third-order valence-corrected chi connectivity index (χ3v) is 4.02. The summed E-state index contributed by atoms with van der Waals surface area (Å²) in [4.78, 5) is 14.4. The molecular formula is C15H23N3O. The van der Waals surface area contributed by atoms with Gasteiger partial charge < -0.3 is 16.4 Å². The smallest absolute Gasteiger partial charge is 0.255 e. The standard InChI is InChI=1S/C15H23N3O/c1-2-11-4-3-8-18(9-7-11)15(19)13-6-5-12(16)10-14(13)17/h5-6,10-11H,2-4,7-9,16-17H2,1H3. The highest BCUT2D eigenvalue weighted by atomic mass is 16.2. The van der Waals surface area contributed by atoms with Crippen molar-refractivity contribution >= 4 is 17.3 Å². The van der Waals surface area contributed by atoms with E-state index < -0.39 is 0 Å². The van der Waals surface area contributed by atoms with Crippen molar-refractivity contribution < 1.29 is 4.79 Å². The van der Waals surface area contributed by atoms with Crippen molar-refractivity contribution in [3.63, 3.8) is 0 Å². The summed E-state index contributed by atoms with van der Waals surface area (Å²) >= 11 is 0. The molecule has 1 aromatic rings. The van der Waals surface area contributed by atoms with E-state index in [-0.39, 0.29) is 5.91 Å². The zero-order chi connectivity index (χ0) is 13.8. The van der Waals surface area contributed by atoms with Gasteiger partial charge in [-0.15, -0.1) is 0 Å². The lowest BCUT2D eigenvalue weighted by molar-refractivity contribution is 0.0761. The fourth-order valence-corrected chi connectivity index (χ4v) is 2.72. The molecule has 4 heteroatoms. The molecule has 4 N–H and O–H groups in total. The number of carbonyl (C=O) groups excluding carboxylic acids is 1. The van der Waals surface area contributed by atoms with Crippen LogP contribution in [-0.4, -0.2) is 23.9 Å². The van der Waals surface area contributed by atoms with Crippen molar-refractivity contribution in [2.75, 3.05) is 24.6 Å². The van der Waals surface area contributed by atoms with Gasteiger partial charge in [-0.05, 0) is 43.4 Å². The summed E-state index contributed by atoms with van der Waals surface area (Å²) < 4.78 is 0. The van der Waals surface area contributed by atoms with Crippen LogP contribution in [0.4, 0.5) is 11.4 Å². The molecule has 1 heterocycles. The minimum atomic E-state index is 0.0363. The molecule has 1 aliphatic heterocycles. The molecule has 1 amide bonds. The number of nitrogens with two attached hydrogens (primary N) is 2. The summed E-state index contributed by atoms with van der Waals surface area (Å²) in [5, 5.41) is 0. The minimum absolute atomic E-state index is 0.0363. The van der Waals surface area contributed by atoms with Gasteiger partial charge in [-0.25, -0.2) is 0 Å². The van der Waals surface area contributed by atoms with Gasteiger partial charge in [-0.3, -0.25) is 4.79 Å². The van der Waals surface area contributed by atoms with E-state index in [0.29, 0.717) is 16.9 Å². The summed E-state index contributed by atoms with van der Waals surface area (Å²) in [5.74, 6) is 0.788. The number of hydrogen-bond donors (Lipinski definition) is 2. The number of rotatable bonds is 2. The second kappa shape index (κ2) is 5.95. The maximum absolute atomic E-state index is 12.5. The van der Waals surface area contributed by atoms with Crippen LogP contribution in [0, 0.1) is 5.92 Å². The van der Waals surface area contributed by atoms with Gasteiger partial charge in [0.2, 0.25) is 0 Å². The van der Waals surface area contributed by atoms with E-state index in [9.17, 15) is 4.79 Å². The quantitative estimate of drug-likeness (QED) is 0.803. The number of benzene rings is 1. The Morgan fingerprint density at radius 3 is 2.79 bits per heavy atom. The first-order valence-corrected chi connectivity index (χ1v) is 7.06. The van der Waals surface area contributed by atoms with E-state index >= 15 is 0 Å². The van der Waals surface area contributed by atoms with Crippen molar-refractivity contribution in [3.8, 4) is 0 Å². The van der Waals surface area contributed by atoms with Crippen molar-refractivity contribution in [1.29, 1.82) is 0 Å². The first-order chi connectivity index (χ1) is 9.11. The highest BCUT2D eigenvalue weighted by Gasteiger charge is 2.22. The average Bonchev–Trinajstić information content (AvgIpc) is 2.63. The normalized spacial score (nSPS) is 20.1. The maximum atomic E-state index is 12.5. The largest absolute Gasteiger partial charge is 0.399 e. The Morgan fingerprint density at radius 2 is 2.11 bits per heavy atom. The molecule has 0 aromatic heterocycles. The van der Waals surface area contributed by atoms with Gasteiger partial charge in [-0.2, -0.15) is 0 Å². The molecule has 0 aliphatic carbocycles. The first kappa shape index (κ1) is 13.7. The Hall–Kier alpha value is -1.71. The zero-order valence-electron chi connectivity index (χ0n) is 11.6. The van der Waals surface area contributed by atoms with E-state index in [2.05, 4.69) is 6.92 Å². The maximum Gasteiger partial charge on any atom is 0.255 e. The number of likely N-dealkylation sites (tertiary alicyclic amines) is 1. The Balaban J connectivity index is 2.10. The van der Waals surface area contributed by atoms with Crippen molar-refractivity contribution in [2.45, 2.75) is 32.6 Å². The van der Waals surface area contributed by atoms with Crippen molar-refractivity contribution in [3.05, 3.63) is 23.8 Å². The lowest BCUT2D eigenvalue weighted by Gasteiger charge is -2.21. The van der Waals surface area contributed by atoms with Gasteiger partial charge in [0.15, 0.2) is 0 Å². The summed E-state index contributed by atoms with van der Waals surface area (Å²) in [5.41, 5.74) is 13.2. The van der Waals surface area contributed by atoms with E-state index in [4.69, 9.17) is 11.5 Å². The highest BCUT2D eigenvalue weighted by molar-refractivity contribution is 5.99. The summed E-state index contributed by atoms with van der Waals surface area (Å²) in [6.45, 7) is 3.89. The van der Waals surface area contributed by atoms with E-state index in [0.717, 1.165) is 31.8 Å². The predicted octanol–water partition coefficient (Wildman–Crippen LogP) is 2.50. The molecule has 1 aromatic carbocycles. The molecule has 0 radical (unpaired) electrons. The summed E-state index contributed by atoms with van der Waals surface area (Å²) in [6.07, 6.45) is 4.60. The fraction of sp³-hybridized carbons (Fsp3) is 0.533. The van der Waals surface area contributed by atoms with Gasteiger partial charge in [0.1, 0.15) is 0 Å². The minimum Gasteiger partial charge on any atom is -0.399 e. The number of nitrogens with zero attached hydrogens (tertiary/aromatic N) is 1. The first-order valence-electron chi connectivity index (χ1n) is 7.06. The SMILES string of the molecule is CCC1CCCN(C(=O)c2ccc(N)cc2N)CC1. The lowest BCUT2D eigenvalue weighted by atomic mass is 9.98. The molecule has 0 spiro atoms.